The molecule has 3 amide bonds. The van der Waals surface area contributed by atoms with Crippen LogP contribution in [0.4, 0.5) is 10.5 Å². The van der Waals surface area contributed by atoms with Gasteiger partial charge in [0.05, 0.1) is 19.6 Å². The summed E-state index contributed by atoms with van der Waals surface area (Å²) in [6, 6.07) is 4.30. The minimum absolute atomic E-state index is 0. The van der Waals surface area contributed by atoms with Gasteiger partial charge < -0.3 is 25.2 Å². The third-order valence-electron chi connectivity index (χ3n) is 5.61. The van der Waals surface area contributed by atoms with Crippen LogP contribution in [0.15, 0.2) is 35.5 Å². The van der Waals surface area contributed by atoms with Gasteiger partial charge in [0.15, 0.2) is 0 Å². The number of benzene rings is 1. The van der Waals surface area contributed by atoms with Crippen LogP contribution in [-0.4, -0.2) is 99.2 Å². The zero-order valence-electron chi connectivity index (χ0n) is 15.5. The monoisotopic (exact) mass is 425 g/mol. The number of phenols is 1. The fourth-order valence-electron chi connectivity index (χ4n) is 4.39. The number of carboxylic acids is 1. The van der Waals surface area contributed by atoms with E-state index in [-0.39, 0.29) is 59.9 Å². The van der Waals surface area contributed by atoms with E-state index in [0.29, 0.717) is 17.7 Å². The Kier molecular flexibility index (Phi) is 6.11. The summed E-state index contributed by atoms with van der Waals surface area (Å²) in [5, 5.41) is 21.6. The Morgan fingerprint density at radius 3 is 2.50 bits per heavy atom. The summed E-state index contributed by atoms with van der Waals surface area (Å²) >= 11 is 0. The van der Waals surface area contributed by atoms with Crippen molar-refractivity contribution < 1.29 is 34.1 Å². The van der Waals surface area contributed by atoms with Gasteiger partial charge in [0.1, 0.15) is 17.5 Å². The molecule has 0 radical (unpaired) electrons. The van der Waals surface area contributed by atoms with Crippen LogP contribution in [0.2, 0.25) is 0 Å². The van der Waals surface area contributed by atoms with E-state index in [1.807, 2.05) is 0 Å². The number of methoxy groups -OCH3 is 1. The van der Waals surface area contributed by atoms with Crippen molar-refractivity contribution in [1.29, 1.82) is 0 Å². The van der Waals surface area contributed by atoms with Crippen LogP contribution in [0.25, 0.3) is 0 Å². The number of hydrogen-bond donors (Lipinski definition) is 3. The van der Waals surface area contributed by atoms with Crippen LogP contribution in [-0.2, 0) is 19.1 Å². The molecule has 0 bridgehead atoms. The molecule has 11 heteroatoms. The summed E-state index contributed by atoms with van der Waals surface area (Å²) in [6.45, 7) is 0.263. The van der Waals surface area contributed by atoms with E-state index in [1.54, 1.807) is 0 Å². The number of nitrogens with zero attached hydrogens (tertiary/aromatic N) is 2. The Hall–Kier alpha value is -2.56. The number of aromatic hydroxyl groups is 1. The van der Waals surface area contributed by atoms with E-state index in [2.05, 4.69) is 10.1 Å². The Morgan fingerprint density at radius 1 is 1.23 bits per heavy atom. The van der Waals surface area contributed by atoms with E-state index in [4.69, 9.17) is 0 Å². The predicted octanol–water partition coefficient (Wildman–Crippen LogP) is 0.0923. The van der Waals surface area contributed by atoms with Gasteiger partial charge in [-0.3, -0.25) is 14.5 Å². The first-order valence-electron chi connectivity index (χ1n) is 9.03. The third kappa shape index (κ3) is 3.55. The average molecular weight is 425 g/mol. The molecule has 30 heavy (non-hydrogen) atoms. The SMILES string of the molecule is COC(=O)CC1=C(C(=O)O)N2C(=O)[C@@H]3[C@H]2[C@H](C1)CN3C(=O)Nc1ccc(O)cc1.[NaH]. The van der Waals surface area contributed by atoms with Gasteiger partial charge in [0, 0.05) is 18.2 Å². The standard InChI is InChI=1S/C19H19N3O7.Na.H/c1-29-13(24)7-9-6-10-8-21(19(28)20-11-2-4-12(23)5-3-11)16-14(10)22(17(16)25)15(9)18(26)27;;/h2-5,10,14,16,23H,6-8H2,1H3,(H,20,28)(H,26,27);;/t10-,14-,16+;;/m1../s1. The number of amides is 3. The molecule has 3 heterocycles. The maximum atomic E-state index is 12.7. The molecule has 1 aromatic carbocycles. The molecule has 154 valence electrons. The van der Waals surface area contributed by atoms with Crippen LogP contribution in [0.3, 0.4) is 0 Å². The van der Waals surface area contributed by atoms with E-state index in [0.717, 1.165) is 0 Å². The number of carbonyl (C=O) groups excluding carboxylic acids is 3. The van der Waals surface area contributed by atoms with Crippen LogP contribution < -0.4 is 5.32 Å². The third-order valence-corrected chi connectivity index (χ3v) is 5.61. The van der Waals surface area contributed by atoms with Crippen molar-refractivity contribution in [2.24, 2.45) is 5.92 Å². The molecule has 0 aliphatic carbocycles. The number of nitrogens with one attached hydrogen (secondary N) is 1. The number of phenolic OH excluding ortho intramolecular Hbond substituents is 1. The number of β-lactam (4-membered cyclic amide) rings is 1. The Bertz CT molecular complexity index is 946. The summed E-state index contributed by atoms with van der Waals surface area (Å²) in [5.74, 6) is -2.43. The maximum absolute atomic E-state index is 12.7. The Labute approximate surface area is 193 Å². The molecule has 3 aliphatic heterocycles. The summed E-state index contributed by atoms with van der Waals surface area (Å²) in [6.07, 6.45) is 0.0835. The molecule has 2 fully saturated rings. The average Bonchev–Trinajstić information content (AvgIpc) is 3.05. The zero-order chi connectivity index (χ0) is 20.9. The van der Waals surface area contributed by atoms with Crippen molar-refractivity contribution in [3.05, 3.63) is 35.5 Å². The second-order valence-corrected chi connectivity index (χ2v) is 7.25. The minimum atomic E-state index is -1.28. The number of urea groups is 1. The summed E-state index contributed by atoms with van der Waals surface area (Å²) in [5.41, 5.74) is 0.610. The normalized spacial score (nSPS) is 23.9. The molecule has 0 aromatic heterocycles. The molecule has 10 nitrogen and oxygen atoms in total. The molecule has 0 spiro atoms. The molecule has 0 saturated carbocycles. The number of ether oxygens (including phenoxy) is 1. The van der Waals surface area contributed by atoms with E-state index in [1.165, 1.54) is 41.2 Å². The molecule has 2 saturated heterocycles. The molecule has 3 aliphatic rings. The first kappa shape index (κ1) is 22.1. The second kappa shape index (κ2) is 8.29. The number of hydrogen-bond acceptors (Lipinski definition) is 6. The van der Waals surface area contributed by atoms with Gasteiger partial charge in [0.25, 0.3) is 5.91 Å². The van der Waals surface area contributed by atoms with Crippen LogP contribution >= 0.6 is 0 Å². The van der Waals surface area contributed by atoms with Gasteiger partial charge >= 0.3 is 47.5 Å². The van der Waals surface area contributed by atoms with Gasteiger partial charge in [-0.15, -0.1) is 0 Å². The quantitative estimate of drug-likeness (QED) is 0.269. The van der Waals surface area contributed by atoms with Gasteiger partial charge in [-0.2, -0.15) is 0 Å². The molecule has 3 atom stereocenters. The molecule has 4 rings (SSSR count). The topological polar surface area (TPSA) is 136 Å². The summed E-state index contributed by atoms with van der Waals surface area (Å²) in [7, 11) is 1.21. The number of carbonyl (C=O) groups is 4. The number of rotatable bonds is 4. The summed E-state index contributed by atoms with van der Waals surface area (Å²) < 4.78 is 4.64. The molecule has 3 N–H and O–H groups in total. The summed E-state index contributed by atoms with van der Waals surface area (Å²) in [4.78, 5) is 51.5. The van der Waals surface area contributed by atoms with Gasteiger partial charge in [-0.25, -0.2) is 9.59 Å². The molecule has 0 unspecified atom stereocenters. The predicted molar refractivity (Wildman–Crippen MR) is 105 cm³/mol. The zero-order valence-corrected chi connectivity index (χ0v) is 15.5. The first-order chi connectivity index (χ1) is 13.8. The Morgan fingerprint density at radius 2 is 1.90 bits per heavy atom. The first-order valence-corrected chi connectivity index (χ1v) is 9.03. The van der Waals surface area contributed by atoms with Crippen molar-refractivity contribution in [3.8, 4) is 5.75 Å². The molecule has 1 aromatic rings. The van der Waals surface area contributed by atoms with Gasteiger partial charge in [-0.1, -0.05) is 0 Å². The number of esters is 1. The van der Waals surface area contributed by atoms with E-state index in [9.17, 15) is 29.4 Å². The second-order valence-electron chi connectivity index (χ2n) is 7.25. The van der Waals surface area contributed by atoms with Gasteiger partial charge in [0.2, 0.25) is 0 Å². The van der Waals surface area contributed by atoms with Crippen molar-refractivity contribution in [2.75, 3.05) is 19.0 Å². The number of anilines is 1. The van der Waals surface area contributed by atoms with Crippen molar-refractivity contribution in [3.63, 3.8) is 0 Å². The van der Waals surface area contributed by atoms with E-state index >= 15 is 0 Å². The number of likely N-dealkylation sites (tertiary alicyclic amines) is 1. The molecular formula is C19H20N3NaO7. The van der Waals surface area contributed by atoms with Crippen molar-refractivity contribution in [1.82, 2.24) is 9.80 Å². The van der Waals surface area contributed by atoms with Crippen LogP contribution in [0.1, 0.15) is 12.8 Å². The fourth-order valence-corrected chi connectivity index (χ4v) is 4.39. The molecular weight excluding hydrogens is 405 g/mol. The van der Waals surface area contributed by atoms with Crippen LogP contribution in [0, 0.1) is 5.92 Å². The van der Waals surface area contributed by atoms with Gasteiger partial charge in [-0.05, 0) is 36.3 Å². The fraction of sp³-hybridized carbons (Fsp3) is 0.368. The van der Waals surface area contributed by atoms with Crippen LogP contribution in [0.5, 0.6) is 5.75 Å². The van der Waals surface area contributed by atoms with Crippen molar-refractivity contribution in [2.45, 2.75) is 24.9 Å². The van der Waals surface area contributed by atoms with E-state index < -0.39 is 36.0 Å². The number of carboxylic acid groups (broad SMARTS) is 1. The number of aliphatic carboxylic acids is 1. The van der Waals surface area contributed by atoms with Crippen molar-refractivity contribution >= 4 is 59.1 Å². The Balaban J connectivity index is 0.00000256.